The average molecular weight is 339 g/mol. The van der Waals surface area contributed by atoms with Crippen molar-refractivity contribution in [2.75, 3.05) is 5.43 Å². The fourth-order valence-electron chi connectivity index (χ4n) is 1.97. The molecule has 24 heavy (non-hydrogen) atoms. The number of anilines is 1. The van der Waals surface area contributed by atoms with Gasteiger partial charge in [-0.15, -0.1) is 10.2 Å². The van der Waals surface area contributed by atoms with Gasteiger partial charge in [-0.25, -0.2) is 0 Å². The molecule has 0 aliphatic carbocycles. The lowest BCUT2D eigenvalue weighted by Crippen LogP contribution is -1.97. The Morgan fingerprint density at radius 3 is 2.67 bits per heavy atom. The monoisotopic (exact) mass is 338 g/mol. The summed E-state index contributed by atoms with van der Waals surface area (Å²) in [4.78, 5) is 0. The van der Waals surface area contributed by atoms with Gasteiger partial charge in [0.15, 0.2) is 11.0 Å². The van der Waals surface area contributed by atoms with Crippen molar-refractivity contribution in [1.29, 1.82) is 0 Å². The second kappa shape index (κ2) is 8.08. The van der Waals surface area contributed by atoms with E-state index in [1.54, 1.807) is 18.3 Å². The minimum absolute atomic E-state index is 0.341. The van der Waals surface area contributed by atoms with Crippen LogP contribution in [0.4, 0.5) is 5.82 Å². The first kappa shape index (κ1) is 16.0. The molecule has 3 rings (SSSR count). The lowest BCUT2D eigenvalue weighted by Gasteiger charge is -2.06. The van der Waals surface area contributed by atoms with Crippen molar-refractivity contribution in [3.8, 4) is 5.75 Å². The Labute approximate surface area is 145 Å². The zero-order chi connectivity index (χ0) is 16.6. The van der Waals surface area contributed by atoms with Gasteiger partial charge in [-0.3, -0.25) is 5.43 Å². The number of hydrazone groups is 1. The summed E-state index contributed by atoms with van der Waals surface area (Å²) in [6, 6.07) is 21.1. The third kappa shape index (κ3) is 4.79. The summed E-state index contributed by atoms with van der Waals surface area (Å²) in [5, 5.41) is 12.1. The largest absolute Gasteiger partial charge is 0.489 e. The van der Waals surface area contributed by atoms with Crippen LogP contribution in [0.25, 0.3) is 0 Å². The Morgan fingerprint density at radius 2 is 1.88 bits per heavy atom. The van der Waals surface area contributed by atoms with Crippen molar-refractivity contribution in [3.05, 3.63) is 83.0 Å². The molecule has 3 aromatic rings. The van der Waals surface area contributed by atoms with Gasteiger partial charge in [0.1, 0.15) is 12.4 Å². The molecule has 5 nitrogen and oxygen atoms in total. The van der Waals surface area contributed by atoms with Crippen LogP contribution < -0.4 is 10.2 Å². The van der Waals surface area contributed by atoms with Gasteiger partial charge in [0.2, 0.25) is 0 Å². The minimum Gasteiger partial charge on any atom is -0.489 e. The van der Waals surface area contributed by atoms with Crippen LogP contribution in [0.2, 0.25) is 5.15 Å². The lowest BCUT2D eigenvalue weighted by molar-refractivity contribution is 0.306. The zero-order valence-corrected chi connectivity index (χ0v) is 13.5. The molecule has 0 aliphatic rings. The fourth-order valence-corrected chi connectivity index (χ4v) is 2.07. The van der Waals surface area contributed by atoms with Gasteiger partial charge in [-0.1, -0.05) is 54.1 Å². The molecular weight excluding hydrogens is 324 g/mol. The molecule has 0 radical (unpaired) electrons. The smallest absolute Gasteiger partial charge is 0.168 e. The molecule has 1 aromatic heterocycles. The predicted octanol–water partition coefficient (Wildman–Crippen LogP) is 4.16. The SMILES string of the molecule is Clc1ccc(N/N=C/c2cccc(OCc3ccccc3)c2)nn1. The summed E-state index contributed by atoms with van der Waals surface area (Å²) in [5.74, 6) is 1.31. The number of halogens is 1. The van der Waals surface area contributed by atoms with Crippen molar-refractivity contribution in [2.24, 2.45) is 5.10 Å². The van der Waals surface area contributed by atoms with E-state index in [0.717, 1.165) is 16.9 Å². The molecule has 0 saturated carbocycles. The highest BCUT2D eigenvalue weighted by Crippen LogP contribution is 2.14. The summed E-state index contributed by atoms with van der Waals surface area (Å²) in [6.07, 6.45) is 1.69. The highest BCUT2D eigenvalue weighted by molar-refractivity contribution is 6.29. The maximum absolute atomic E-state index is 5.79. The summed E-state index contributed by atoms with van der Waals surface area (Å²) < 4.78 is 5.79. The molecule has 0 aliphatic heterocycles. The maximum atomic E-state index is 5.79. The van der Waals surface area contributed by atoms with E-state index >= 15 is 0 Å². The van der Waals surface area contributed by atoms with Gasteiger partial charge in [-0.2, -0.15) is 5.10 Å². The molecule has 0 spiro atoms. The van der Waals surface area contributed by atoms with E-state index in [9.17, 15) is 0 Å². The van der Waals surface area contributed by atoms with Crippen LogP contribution in [0.5, 0.6) is 5.75 Å². The van der Waals surface area contributed by atoms with E-state index in [4.69, 9.17) is 16.3 Å². The van der Waals surface area contributed by atoms with E-state index < -0.39 is 0 Å². The number of hydrogen-bond acceptors (Lipinski definition) is 5. The second-order valence-corrected chi connectivity index (χ2v) is 5.35. The number of hydrogen-bond donors (Lipinski definition) is 1. The molecule has 0 bridgehead atoms. The normalized spacial score (nSPS) is 10.7. The van der Waals surface area contributed by atoms with E-state index in [2.05, 4.69) is 20.7 Å². The molecule has 1 N–H and O–H groups in total. The third-order valence-electron chi connectivity index (χ3n) is 3.13. The number of rotatable bonds is 6. The summed E-state index contributed by atoms with van der Waals surface area (Å²) in [7, 11) is 0. The van der Waals surface area contributed by atoms with E-state index in [1.165, 1.54) is 0 Å². The molecule has 0 saturated heterocycles. The maximum Gasteiger partial charge on any atom is 0.168 e. The van der Waals surface area contributed by atoms with Crippen LogP contribution in [0.1, 0.15) is 11.1 Å². The number of nitrogens with one attached hydrogen (secondary N) is 1. The highest BCUT2D eigenvalue weighted by Gasteiger charge is 1.97. The molecule has 0 fully saturated rings. The Kier molecular flexibility index (Phi) is 5.37. The topological polar surface area (TPSA) is 59.4 Å². The molecule has 120 valence electrons. The number of benzene rings is 2. The van der Waals surface area contributed by atoms with Crippen molar-refractivity contribution in [2.45, 2.75) is 6.61 Å². The van der Waals surface area contributed by atoms with Crippen LogP contribution >= 0.6 is 11.6 Å². The van der Waals surface area contributed by atoms with Crippen LogP contribution in [-0.2, 0) is 6.61 Å². The number of aromatic nitrogens is 2. The van der Waals surface area contributed by atoms with Crippen LogP contribution in [0.3, 0.4) is 0 Å². The molecule has 0 atom stereocenters. The minimum atomic E-state index is 0.341. The Hall–Kier alpha value is -2.92. The first-order chi connectivity index (χ1) is 11.8. The fraction of sp³-hybridized carbons (Fsp3) is 0.0556. The van der Waals surface area contributed by atoms with Crippen LogP contribution in [0.15, 0.2) is 71.8 Å². The lowest BCUT2D eigenvalue weighted by atomic mass is 10.2. The molecule has 0 unspecified atom stereocenters. The molecule has 6 heteroatoms. The van der Waals surface area contributed by atoms with Crippen molar-refractivity contribution in [1.82, 2.24) is 10.2 Å². The Bertz CT molecular complexity index is 807. The standard InChI is InChI=1S/C18H15ClN4O/c19-17-9-10-18(23-21-17)22-20-12-15-7-4-8-16(11-15)24-13-14-5-2-1-3-6-14/h1-12H,13H2,(H,22,23)/b20-12+. The molecule has 1 heterocycles. The molecule has 2 aromatic carbocycles. The summed E-state index contributed by atoms with van der Waals surface area (Å²) in [6.45, 7) is 0.528. The Morgan fingerprint density at radius 1 is 1.00 bits per heavy atom. The average Bonchev–Trinajstić information content (AvgIpc) is 2.63. The first-order valence-corrected chi connectivity index (χ1v) is 7.72. The van der Waals surface area contributed by atoms with Gasteiger partial charge in [-0.05, 0) is 35.4 Å². The number of nitrogens with zero attached hydrogens (tertiary/aromatic N) is 3. The van der Waals surface area contributed by atoms with Crippen LogP contribution in [0, 0.1) is 0 Å². The van der Waals surface area contributed by atoms with Gasteiger partial charge in [0.25, 0.3) is 0 Å². The van der Waals surface area contributed by atoms with Gasteiger partial charge >= 0.3 is 0 Å². The van der Waals surface area contributed by atoms with Gasteiger partial charge in [0, 0.05) is 0 Å². The first-order valence-electron chi connectivity index (χ1n) is 7.35. The quantitative estimate of drug-likeness (QED) is 0.541. The third-order valence-corrected chi connectivity index (χ3v) is 3.33. The zero-order valence-electron chi connectivity index (χ0n) is 12.8. The highest BCUT2D eigenvalue weighted by atomic mass is 35.5. The summed E-state index contributed by atoms with van der Waals surface area (Å²) in [5.41, 5.74) is 4.83. The molecule has 0 amide bonds. The van der Waals surface area contributed by atoms with E-state index in [0.29, 0.717) is 17.6 Å². The van der Waals surface area contributed by atoms with Crippen molar-refractivity contribution in [3.63, 3.8) is 0 Å². The summed E-state index contributed by atoms with van der Waals surface area (Å²) >= 11 is 5.68. The van der Waals surface area contributed by atoms with Crippen LogP contribution in [-0.4, -0.2) is 16.4 Å². The Balaban J connectivity index is 1.58. The van der Waals surface area contributed by atoms with Gasteiger partial charge in [0.05, 0.1) is 6.21 Å². The van der Waals surface area contributed by atoms with Gasteiger partial charge < -0.3 is 4.74 Å². The van der Waals surface area contributed by atoms with E-state index in [1.807, 2.05) is 54.6 Å². The van der Waals surface area contributed by atoms with Crippen molar-refractivity contribution >= 4 is 23.6 Å². The molecular formula is C18H15ClN4O. The van der Waals surface area contributed by atoms with Crippen molar-refractivity contribution < 1.29 is 4.74 Å². The number of ether oxygens (including phenoxy) is 1. The predicted molar refractivity (Wildman–Crippen MR) is 95.5 cm³/mol. The second-order valence-electron chi connectivity index (χ2n) is 4.96. The van der Waals surface area contributed by atoms with E-state index in [-0.39, 0.29) is 0 Å².